The van der Waals surface area contributed by atoms with Gasteiger partial charge in [0.1, 0.15) is 0 Å². The molecule has 0 saturated carbocycles. The Morgan fingerprint density at radius 3 is 2.95 bits per heavy atom. The summed E-state index contributed by atoms with van der Waals surface area (Å²) >= 11 is 8.16. The average molecular weight is 326 g/mol. The summed E-state index contributed by atoms with van der Waals surface area (Å²) in [5, 5.41) is 4.60. The zero-order chi connectivity index (χ0) is 14.7. The molecule has 21 heavy (non-hydrogen) atoms. The Hall–Kier alpha value is -0.220. The van der Waals surface area contributed by atoms with Crippen LogP contribution in [-0.2, 0) is 4.74 Å². The van der Waals surface area contributed by atoms with Crippen molar-refractivity contribution in [1.29, 1.82) is 0 Å². The Labute approximate surface area is 137 Å². The van der Waals surface area contributed by atoms with Crippen molar-refractivity contribution in [3.05, 3.63) is 34.9 Å². The molecule has 0 aliphatic carbocycles. The monoisotopic (exact) mass is 325 g/mol. The maximum Gasteiger partial charge on any atom is 0.0713 e. The summed E-state index contributed by atoms with van der Waals surface area (Å²) < 4.78 is 6.17. The molecule has 0 amide bonds. The van der Waals surface area contributed by atoms with Gasteiger partial charge in [0, 0.05) is 23.7 Å². The molecule has 0 aromatic heterocycles. The van der Waals surface area contributed by atoms with Crippen molar-refractivity contribution in [1.82, 2.24) is 5.32 Å². The van der Waals surface area contributed by atoms with Gasteiger partial charge in [-0.2, -0.15) is 11.8 Å². The Morgan fingerprint density at radius 2 is 2.19 bits per heavy atom. The van der Waals surface area contributed by atoms with Gasteiger partial charge in [-0.1, -0.05) is 23.7 Å². The number of hydrogen-bond acceptors (Lipinski definition) is 3. The van der Waals surface area contributed by atoms with Crippen LogP contribution in [0.1, 0.15) is 44.2 Å². The first-order chi connectivity index (χ1) is 10.2. The van der Waals surface area contributed by atoms with E-state index in [1.165, 1.54) is 29.9 Å². The van der Waals surface area contributed by atoms with Gasteiger partial charge in [0.05, 0.1) is 5.60 Å². The van der Waals surface area contributed by atoms with Gasteiger partial charge in [0.25, 0.3) is 0 Å². The summed E-state index contributed by atoms with van der Waals surface area (Å²) in [6.07, 6.45) is 4.68. The fourth-order valence-corrected chi connectivity index (χ4v) is 4.92. The van der Waals surface area contributed by atoms with E-state index in [1.54, 1.807) is 0 Å². The van der Waals surface area contributed by atoms with Gasteiger partial charge in [-0.05, 0) is 61.8 Å². The molecule has 2 aliphatic rings. The second-order valence-corrected chi connectivity index (χ2v) is 7.94. The van der Waals surface area contributed by atoms with E-state index in [-0.39, 0.29) is 5.60 Å². The van der Waals surface area contributed by atoms with E-state index in [9.17, 15) is 0 Å². The molecule has 2 atom stereocenters. The first-order valence-corrected chi connectivity index (χ1v) is 9.43. The van der Waals surface area contributed by atoms with Crippen LogP contribution in [0.25, 0.3) is 0 Å². The number of rotatable bonds is 3. The molecule has 116 valence electrons. The lowest BCUT2D eigenvalue weighted by Gasteiger charge is -2.44. The van der Waals surface area contributed by atoms with Crippen LogP contribution in [0.2, 0.25) is 5.02 Å². The quantitative estimate of drug-likeness (QED) is 0.888. The first kappa shape index (κ1) is 15.7. The number of halogens is 1. The van der Waals surface area contributed by atoms with Crippen LogP contribution in [0.5, 0.6) is 0 Å². The largest absolute Gasteiger partial charge is 0.375 e. The highest BCUT2D eigenvalue weighted by atomic mass is 35.5. The lowest BCUT2D eigenvalue weighted by Crippen LogP contribution is -2.49. The van der Waals surface area contributed by atoms with E-state index in [1.807, 2.05) is 12.1 Å². The van der Waals surface area contributed by atoms with Crippen LogP contribution in [0, 0.1) is 0 Å². The highest BCUT2D eigenvalue weighted by molar-refractivity contribution is 7.99. The van der Waals surface area contributed by atoms with Gasteiger partial charge >= 0.3 is 0 Å². The highest BCUT2D eigenvalue weighted by Gasteiger charge is 2.38. The fourth-order valence-electron chi connectivity index (χ4n) is 3.49. The van der Waals surface area contributed by atoms with Crippen LogP contribution < -0.4 is 5.32 Å². The summed E-state index contributed by atoms with van der Waals surface area (Å²) in [4.78, 5) is 0. The van der Waals surface area contributed by atoms with E-state index in [0.717, 1.165) is 24.5 Å². The van der Waals surface area contributed by atoms with Crippen LogP contribution >= 0.6 is 23.4 Å². The average Bonchev–Trinajstić information content (AvgIpc) is 2.48. The van der Waals surface area contributed by atoms with E-state index in [4.69, 9.17) is 16.3 Å². The molecular weight excluding hydrogens is 302 g/mol. The third-order valence-corrected chi connectivity index (χ3v) is 5.95. The SMILES string of the molecule is C[C@H](NC1CCOC2(CCSCC2)C1)c1cccc(Cl)c1. The minimum atomic E-state index is 0.148. The molecule has 1 aromatic rings. The predicted octanol–water partition coefficient (Wildman–Crippen LogP) is 4.44. The maximum atomic E-state index is 6.17. The topological polar surface area (TPSA) is 21.3 Å². The summed E-state index contributed by atoms with van der Waals surface area (Å²) in [6.45, 7) is 3.12. The molecule has 2 fully saturated rings. The molecule has 1 aromatic carbocycles. The maximum absolute atomic E-state index is 6.17. The Kier molecular flexibility index (Phi) is 5.15. The number of ether oxygens (including phenoxy) is 1. The summed E-state index contributed by atoms with van der Waals surface area (Å²) in [5.74, 6) is 2.49. The number of hydrogen-bond donors (Lipinski definition) is 1. The Balaban J connectivity index is 1.61. The van der Waals surface area contributed by atoms with Crippen LogP contribution in [0.15, 0.2) is 24.3 Å². The molecule has 1 unspecified atom stereocenters. The van der Waals surface area contributed by atoms with Crippen LogP contribution in [0.4, 0.5) is 0 Å². The first-order valence-electron chi connectivity index (χ1n) is 7.90. The molecule has 2 aliphatic heterocycles. The molecular formula is C17H24ClNOS. The van der Waals surface area contributed by atoms with Gasteiger partial charge < -0.3 is 10.1 Å². The molecule has 2 nitrogen and oxygen atoms in total. The van der Waals surface area contributed by atoms with Gasteiger partial charge in [-0.15, -0.1) is 0 Å². The summed E-state index contributed by atoms with van der Waals surface area (Å²) in [6, 6.07) is 9.06. The van der Waals surface area contributed by atoms with E-state index < -0.39 is 0 Å². The third kappa shape index (κ3) is 3.95. The lowest BCUT2D eigenvalue weighted by molar-refractivity contribution is -0.0940. The zero-order valence-corrected chi connectivity index (χ0v) is 14.2. The van der Waals surface area contributed by atoms with Crippen molar-refractivity contribution < 1.29 is 4.74 Å². The fraction of sp³-hybridized carbons (Fsp3) is 0.647. The minimum Gasteiger partial charge on any atom is -0.375 e. The molecule has 2 saturated heterocycles. The van der Waals surface area contributed by atoms with Crippen molar-refractivity contribution in [2.45, 2.75) is 50.3 Å². The van der Waals surface area contributed by atoms with Gasteiger partial charge in [-0.25, -0.2) is 0 Å². The third-order valence-electron chi connectivity index (χ3n) is 4.73. The van der Waals surface area contributed by atoms with Gasteiger partial charge in [0.15, 0.2) is 0 Å². The highest BCUT2D eigenvalue weighted by Crippen LogP contribution is 2.38. The standard InChI is InChI=1S/C17H24ClNOS/c1-13(14-3-2-4-15(18)11-14)19-16-5-8-20-17(12-16)6-9-21-10-7-17/h2-4,11,13,16,19H,5-10,12H2,1H3/t13-,16?/m0/s1. The molecule has 0 radical (unpaired) electrons. The van der Waals surface area contributed by atoms with Gasteiger partial charge in [0.2, 0.25) is 0 Å². The van der Waals surface area contributed by atoms with Crippen molar-refractivity contribution in [2.75, 3.05) is 18.1 Å². The van der Waals surface area contributed by atoms with Gasteiger partial charge in [-0.3, -0.25) is 0 Å². The Bertz CT molecular complexity index is 470. The predicted molar refractivity (Wildman–Crippen MR) is 91.3 cm³/mol. The molecule has 1 N–H and O–H groups in total. The van der Waals surface area contributed by atoms with Crippen LogP contribution in [-0.4, -0.2) is 29.8 Å². The van der Waals surface area contributed by atoms with Crippen LogP contribution in [0.3, 0.4) is 0 Å². The molecule has 2 heterocycles. The minimum absolute atomic E-state index is 0.148. The number of benzene rings is 1. The molecule has 3 rings (SSSR count). The zero-order valence-electron chi connectivity index (χ0n) is 12.6. The second-order valence-electron chi connectivity index (χ2n) is 6.28. The normalized spacial score (nSPS) is 26.7. The van der Waals surface area contributed by atoms with Crippen molar-refractivity contribution in [3.63, 3.8) is 0 Å². The molecule has 1 spiro atoms. The van der Waals surface area contributed by atoms with Crippen molar-refractivity contribution in [2.24, 2.45) is 0 Å². The number of thioether (sulfide) groups is 1. The van der Waals surface area contributed by atoms with E-state index >= 15 is 0 Å². The summed E-state index contributed by atoms with van der Waals surface area (Å²) in [7, 11) is 0. The van der Waals surface area contributed by atoms with Crippen molar-refractivity contribution in [3.8, 4) is 0 Å². The Morgan fingerprint density at radius 1 is 1.38 bits per heavy atom. The van der Waals surface area contributed by atoms with E-state index in [2.05, 4.69) is 36.1 Å². The molecule has 4 heteroatoms. The number of nitrogens with one attached hydrogen (secondary N) is 1. The lowest BCUT2D eigenvalue weighted by atomic mass is 9.85. The van der Waals surface area contributed by atoms with E-state index in [0.29, 0.717) is 12.1 Å². The molecule has 0 bridgehead atoms. The second kappa shape index (κ2) is 6.91. The smallest absolute Gasteiger partial charge is 0.0713 e. The van der Waals surface area contributed by atoms with Crippen molar-refractivity contribution >= 4 is 23.4 Å². The summed E-state index contributed by atoms with van der Waals surface area (Å²) in [5.41, 5.74) is 1.41.